The van der Waals surface area contributed by atoms with Crippen LogP contribution < -0.4 is 0 Å². The second kappa shape index (κ2) is 4.26. The average Bonchev–Trinajstić information content (AvgIpc) is 2.74. The van der Waals surface area contributed by atoms with Crippen molar-refractivity contribution in [3.05, 3.63) is 65.6 Å². The summed E-state index contributed by atoms with van der Waals surface area (Å²) in [4.78, 5) is 0. The van der Waals surface area contributed by atoms with Crippen LogP contribution in [-0.2, 0) is 6.54 Å². The van der Waals surface area contributed by atoms with E-state index in [1.165, 1.54) is 11.6 Å². The Kier molecular flexibility index (Phi) is 2.59. The molecule has 0 radical (unpaired) electrons. The van der Waals surface area contributed by atoms with Gasteiger partial charge in [-0.2, -0.15) is 5.10 Å². The number of hydrogen-bond acceptors (Lipinski definition) is 1. The highest BCUT2D eigenvalue weighted by molar-refractivity contribution is 5.79. The normalized spacial score (nSPS) is 11.0. The first-order valence-electron chi connectivity index (χ1n) is 5.89. The lowest BCUT2D eigenvalue weighted by Gasteiger charge is -2.05. The molecule has 0 fully saturated rings. The molecule has 1 aromatic heterocycles. The Bertz CT molecular complexity index is 701. The molecule has 0 saturated carbocycles. The van der Waals surface area contributed by atoms with Crippen molar-refractivity contribution in [2.24, 2.45) is 0 Å². The van der Waals surface area contributed by atoms with Gasteiger partial charge in [-0.05, 0) is 25.1 Å². The van der Waals surface area contributed by atoms with Crippen molar-refractivity contribution >= 4 is 10.9 Å². The standard InChI is InChI=1S/C15H13FN2/c1-11-6-7-15-13(8-11)9-17-18(15)10-12-4-2-3-5-14(12)16/h2-9H,10H2,1H3. The molecule has 0 aliphatic heterocycles. The quantitative estimate of drug-likeness (QED) is 0.670. The van der Waals surface area contributed by atoms with Gasteiger partial charge >= 0.3 is 0 Å². The molecule has 0 amide bonds. The van der Waals surface area contributed by atoms with E-state index < -0.39 is 0 Å². The molecule has 2 aromatic carbocycles. The van der Waals surface area contributed by atoms with Gasteiger partial charge in [0.15, 0.2) is 0 Å². The Hall–Kier alpha value is -2.16. The summed E-state index contributed by atoms with van der Waals surface area (Å²) in [5, 5.41) is 5.41. The van der Waals surface area contributed by atoms with Crippen molar-refractivity contribution in [2.45, 2.75) is 13.5 Å². The zero-order valence-electron chi connectivity index (χ0n) is 10.1. The van der Waals surface area contributed by atoms with Crippen molar-refractivity contribution < 1.29 is 4.39 Å². The van der Waals surface area contributed by atoms with Crippen LogP contribution in [0.3, 0.4) is 0 Å². The van der Waals surface area contributed by atoms with Crippen LogP contribution in [0.15, 0.2) is 48.7 Å². The maximum Gasteiger partial charge on any atom is 0.128 e. The molecule has 0 saturated heterocycles. The lowest BCUT2D eigenvalue weighted by Crippen LogP contribution is -2.03. The van der Waals surface area contributed by atoms with E-state index in [2.05, 4.69) is 11.2 Å². The minimum absolute atomic E-state index is 0.187. The van der Waals surface area contributed by atoms with E-state index in [1.54, 1.807) is 12.1 Å². The molecule has 0 unspecified atom stereocenters. The number of halogens is 1. The van der Waals surface area contributed by atoms with E-state index in [0.717, 1.165) is 10.9 Å². The fourth-order valence-electron chi connectivity index (χ4n) is 2.12. The number of hydrogen-bond donors (Lipinski definition) is 0. The zero-order valence-corrected chi connectivity index (χ0v) is 10.1. The Morgan fingerprint density at radius 3 is 2.83 bits per heavy atom. The molecule has 3 heteroatoms. The summed E-state index contributed by atoms with van der Waals surface area (Å²) in [7, 11) is 0. The van der Waals surface area contributed by atoms with Gasteiger partial charge in [-0.1, -0.05) is 29.8 Å². The summed E-state index contributed by atoms with van der Waals surface area (Å²) < 4.78 is 15.4. The van der Waals surface area contributed by atoms with Gasteiger partial charge in [-0.15, -0.1) is 0 Å². The second-order valence-corrected chi connectivity index (χ2v) is 4.46. The first kappa shape index (κ1) is 11.0. The van der Waals surface area contributed by atoms with Crippen molar-refractivity contribution in [2.75, 3.05) is 0 Å². The Balaban J connectivity index is 2.03. The molecule has 3 rings (SSSR count). The van der Waals surface area contributed by atoms with Crippen molar-refractivity contribution in [1.29, 1.82) is 0 Å². The van der Waals surface area contributed by atoms with Crippen LogP contribution in [0.5, 0.6) is 0 Å². The second-order valence-electron chi connectivity index (χ2n) is 4.46. The lowest BCUT2D eigenvalue weighted by molar-refractivity contribution is 0.590. The predicted octanol–water partition coefficient (Wildman–Crippen LogP) is 3.53. The van der Waals surface area contributed by atoms with Gasteiger partial charge in [0.2, 0.25) is 0 Å². The number of benzene rings is 2. The Morgan fingerprint density at radius 1 is 1.17 bits per heavy atom. The number of aromatic nitrogens is 2. The van der Waals surface area contributed by atoms with E-state index in [1.807, 2.05) is 36.0 Å². The van der Waals surface area contributed by atoms with Crippen LogP contribution in [-0.4, -0.2) is 9.78 Å². The fraction of sp³-hybridized carbons (Fsp3) is 0.133. The molecule has 2 nitrogen and oxygen atoms in total. The highest BCUT2D eigenvalue weighted by atomic mass is 19.1. The molecule has 0 spiro atoms. The summed E-state index contributed by atoms with van der Waals surface area (Å²) >= 11 is 0. The number of rotatable bonds is 2. The molecule has 90 valence electrons. The summed E-state index contributed by atoms with van der Waals surface area (Å²) in [6.07, 6.45) is 1.82. The maximum absolute atomic E-state index is 13.6. The van der Waals surface area contributed by atoms with E-state index in [0.29, 0.717) is 12.1 Å². The molecule has 0 N–H and O–H groups in total. The number of aryl methyl sites for hydroxylation is 1. The van der Waals surface area contributed by atoms with E-state index >= 15 is 0 Å². The molecule has 0 aliphatic carbocycles. The number of fused-ring (bicyclic) bond motifs is 1. The summed E-state index contributed by atoms with van der Waals surface area (Å²) in [6.45, 7) is 2.51. The summed E-state index contributed by atoms with van der Waals surface area (Å²) in [5.74, 6) is -0.187. The van der Waals surface area contributed by atoms with Crippen molar-refractivity contribution in [1.82, 2.24) is 9.78 Å². The predicted molar refractivity (Wildman–Crippen MR) is 70.0 cm³/mol. The highest BCUT2D eigenvalue weighted by Gasteiger charge is 2.06. The highest BCUT2D eigenvalue weighted by Crippen LogP contribution is 2.17. The SMILES string of the molecule is Cc1ccc2c(cnn2Cc2ccccc2F)c1. The minimum atomic E-state index is -0.187. The van der Waals surface area contributed by atoms with Crippen molar-refractivity contribution in [3.63, 3.8) is 0 Å². The first-order valence-corrected chi connectivity index (χ1v) is 5.89. The average molecular weight is 240 g/mol. The lowest BCUT2D eigenvalue weighted by atomic mass is 10.2. The van der Waals surface area contributed by atoms with E-state index in [9.17, 15) is 4.39 Å². The van der Waals surface area contributed by atoms with Gasteiger partial charge in [0.05, 0.1) is 18.3 Å². The topological polar surface area (TPSA) is 17.8 Å². The zero-order chi connectivity index (χ0) is 12.5. The molecule has 0 aliphatic rings. The molecule has 0 atom stereocenters. The third-order valence-electron chi connectivity index (χ3n) is 3.08. The molecular formula is C15H13FN2. The molecule has 1 heterocycles. The monoisotopic (exact) mass is 240 g/mol. The largest absolute Gasteiger partial charge is 0.260 e. The fourth-order valence-corrected chi connectivity index (χ4v) is 2.12. The van der Waals surface area contributed by atoms with Crippen LogP contribution in [0.2, 0.25) is 0 Å². The van der Waals surface area contributed by atoms with Gasteiger partial charge in [0.1, 0.15) is 5.82 Å². The van der Waals surface area contributed by atoms with Crippen molar-refractivity contribution in [3.8, 4) is 0 Å². The molecule has 3 aromatic rings. The molecular weight excluding hydrogens is 227 g/mol. The van der Waals surface area contributed by atoms with Crippen LogP contribution in [0.25, 0.3) is 10.9 Å². The molecule has 0 bridgehead atoms. The Labute approximate surface area is 105 Å². The molecule has 18 heavy (non-hydrogen) atoms. The van der Waals surface area contributed by atoms with Crippen LogP contribution in [0, 0.1) is 12.7 Å². The van der Waals surface area contributed by atoms with Gasteiger partial charge in [-0.3, -0.25) is 4.68 Å². The smallest absolute Gasteiger partial charge is 0.128 e. The van der Waals surface area contributed by atoms with Gasteiger partial charge in [0, 0.05) is 10.9 Å². The number of nitrogens with zero attached hydrogens (tertiary/aromatic N) is 2. The van der Waals surface area contributed by atoms with Crippen LogP contribution >= 0.6 is 0 Å². The third-order valence-corrected chi connectivity index (χ3v) is 3.08. The van der Waals surface area contributed by atoms with Crippen LogP contribution in [0.4, 0.5) is 4.39 Å². The third kappa shape index (κ3) is 1.88. The summed E-state index contributed by atoms with van der Waals surface area (Å²) in [6, 6.07) is 13.0. The van der Waals surface area contributed by atoms with E-state index in [4.69, 9.17) is 0 Å². The Morgan fingerprint density at radius 2 is 2.00 bits per heavy atom. The van der Waals surface area contributed by atoms with E-state index in [-0.39, 0.29) is 5.82 Å². The maximum atomic E-state index is 13.6. The van der Waals surface area contributed by atoms with Gasteiger partial charge < -0.3 is 0 Å². The van der Waals surface area contributed by atoms with Crippen LogP contribution in [0.1, 0.15) is 11.1 Å². The first-order chi connectivity index (χ1) is 8.74. The van der Waals surface area contributed by atoms with Gasteiger partial charge in [0.25, 0.3) is 0 Å². The van der Waals surface area contributed by atoms with Gasteiger partial charge in [-0.25, -0.2) is 4.39 Å². The minimum Gasteiger partial charge on any atom is -0.260 e. The summed E-state index contributed by atoms with van der Waals surface area (Å²) in [5.41, 5.74) is 2.89.